The molecule has 4 amide bonds. The number of Topliss-reactive ketones (excluding diaryl/α,β-unsaturated/α-hetero) is 1. The first-order chi connectivity index (χ1) is 22.3. The zero-order valence-electron chi connectivity index (χ0n) is 27.9. The van der Waals surface area contributed by atoms with E-state index in [-0.39, 0.29) is 37.3 Å². The van der Waals surface area contributed by atoms with Crippen LogP contribution in [-0.2, 0) is 28.8 Å². The summed E-state index contributed by atoms with van der Waals surface area (Å²) in [5.74, 6) is -2.66. The Bertz CT molecular complexity index is 1420. The first-order valence-corrected chi connectivity index (χ1v) is 17.4. The molecule has 2 aliphatic carbocycles. The molecule has 1 unspecified atom stereocenters. The molecule has 47 heavy (non-hydrogen) atoms. The third-order valence-corrected chi connectivity index (χ3v) is 9.94. The minimum absolute atomic E-state index is 0.00131. The maximum Gasteiger partial charge on any atom is 0.289 e. The van der Waals surface area contributed by atoms with Gasteiger partial charge >= 0.3 is 0 Å². The second-order valence-electron chi connectivity index (χ2n) is 14.8. The molecular weight excluding hydrogens is 622 g/mol. The van der Waals surface area contributed by atoms with E-state index in [1.165, 1.54) is 4.90 Å². The van der Waals surface area contributed by atoms with Crippen molar-refractivity contribution in [2.45, 2.75) is 128 Å². The number of hydrogen-bond donors (Lipinski definition) is 3. The van der Waals surface area contributed by atoms with Crippen LogP contribution < -0.4 is 16.0 Å². The van der Waals surface area contributed by atoms with Gasteiger partial charge in [-0.15, -0.1) is 0 Å². The van der Waals surface area contributed by atoms with Crippen LogP contribution in [0.15, 0.2) is 29.4 Å². The van der Waals surface area contributed by atoms with Crippen molar-refractivity contribution in [3.8, 4) is 0 Å². The molecule has 12 heteroatoms. The number of ketones is 1. The largest absolute Gasteiger partial charge is 0.387 e. The Morgan fingerprint density at radius 1 is 1.04 bits per heavy atom. The summed E-state index contributed by atoms with van der Waals surface area (Å²) in [5.41, 5.74) is -0.241. The molecule has 1 saturated heterocycles. The van der Waals surface area contributed by atoms with Gasteiger partial charge in [0.2, 0.25) is 23.5 Å². The van der Waals surface area contributed by atoms with Gasteiger partial charge in [0, 0.05) is 35.4 Å². The highest BCUT2D eigenvalue weighted by atomic mass is 35.5. The smallest absolute Gasteiger partial charge is 0.289 e. The average Bonchev–Trinajstić information content (AvgIpc) is 3.63. The van der Waals surface area contributed by atoms with Gasteiger partial charge in [-0.25, -0.2) is 0 Å². The van der Waals surface area contributed by atoms with Crippen LogP contribution in [0.25, 0.3) is 0 Å². The molecule has 256 valence electrons. The molecule has 0 aromatic heterocycles. The van der Waals surface area contributed by atoms with E-state index in [0.29, 0.717) is 23.6 Å². The summed E-state index contributed by atoms with van der Waals surface area (Å²) in [4.78, 5) is 75.4. The SMILES string of the molecule is CCC[C@H](NC(=O)[C@@H]1CC2(CC(c3cccc(Cl)c3)=NO2)CN1C(=O)[C@@H](NC(=O)C1CCCCC1)C(C)(C)C)C(=O)C(=O)NC1CC1. The molecule has 1 spiro atoms. The molecule has 1 aromatic rings. The van der Waals surface area contributed by atoms with Crippen molar-refractivity contribution in [3.05, 3.63) is 34.9 Å². The average molecular weight is 670 g/mol. The first-order valence-electron chi connectivity index (χ1n) is 17.1. The first kappa shape index (κ1) is 34.9. The van der Waals surface area contributed by atoms with Crippen molar-refractivity contribution >= 4 is 46.7 Å². The Balaban J connectivity index is 1.40. The van der Waals surface area contributed by atoms with Crippen LogP contribution in [0.4, 0.5) is 0 Å². The second kappa shape index (κ2) is 14.3. The van der Waals surface area contributed by atoms with Gasteiger partial charge in [0.05, 0.1) is 18.3 Å². The summed E-state index contributed by atoms with van der Waals surface area (Å²) in [5, 5.41) is 13.5. The van der Waals surface area contributed by atoms with Gasteiger partial charge in [-0.3, -0.25) is 24.0 Å². The lowest BCUT2D eigenvalue weighted by molar-refractivity contribution is -0.146. The van der Waals surface area contributed by atoms with Gasteiger partial charge in [-0.2, -0.15) is 0 Å². The molecule has 2 heterocycles. The van der Waals surface area contributed by atoms with Gasteiger partial charge < -0.3 is 25.7 Å². The number of benzene rings is 1. The molecular formula is C35H48ClN5O6. The molecule has 3 N–H and O–H groups in total. The summed E-state index contributed by atoms with van der Waals surface area (Å²) in [7, 11) is 0. The van der Waals surface area contributed by atoms with Crippen molar-refractivity contribution < 1.29 is 28.8 Å². The van der Waals surface area contributed by atoms with Crippen LogP contribution in [-0.4, -0.2) is 76.3 Å². The minimum Gasteiger partial charge on any atom is -0.387 e. The molecule has 11 nitrogen and oxygen atoms in total. The van der Waals surface area contributed by atoms with Crippen LogP contribution in [0.1, 0.15) is 104 Å². The third-order valence-electron chi connectivity index (χ3n) is 9.70. The summed E-state index contributed by atoms with van der Waals surface area (Å²) in [6.45, 7) is 7.59. The van der Waals surface area contributed by atoms with Crippen molar-refractivity contribution in [1.82, 2.24) is 20.9 Å². The number of oxime groups is 1. The number of amides is 4. The highest BCUT2D eigenvalue weighted by Crippen LogP contribution is 2.40. The third kappa shape index (κ3) is 8.34. The maximum atomic E-state index is 14.5. The summed E-state index contributed by atoms with van der Waals surface area (Å²) < 4.78 is 0. The van der Waals surface area contributed by atoms with E-state index in [4.69, 9.17) is 16.4 Å². The van der Waals surface area contributed by atoms with Gasteiger partial charge in [0.25, 0.3) is 5.91 Å². The lowest BCUT2D eigenvalue weighted by atomic mass is 9.83. The fraction of sp³-hybridized carbons (Fsp3) is 0.657. The maximum absolute atomic E-state index is 14.5. The molecule has 4 atom stereocenters. The number of nitrogens with zero attached hydrogens (tertiary/aromatic N) is 2. The van der Waals surface area contributed by atoms with E-state index in [9.17, 15) is 24.0 Å². The van der Waals surface area contributed by atoms with Crippen molar-refractivity contribution in [2.75, 3.05) is 6.54 Å². The van der Waals surface area contributed by atoms with E-state index < -0.39 is 52.6 Å². The molecule has 0 radical (unpaired) electrons. The van der Waals surface area contributed by atoms with Gasteiger partial charge in [-0.1, -0.05) is 82.3 Å². The Kier molecular flexibility index (Phi) is 10.6. The summed E-state index contributed by atoms with van der Waals surface area (Å²) >= 11 is 6.24. The summed E-state index contributed by atoms with van der Waals surface area (Å²) in [6, 6.07) is 4.28. The Morgan fingerprint density at radius 3 is 2.40 bits per heavy atom. The van der Waals surface area contributed by atoms with Crippen molar-refractivity contribution in [1.29, 1.82) is 0 Å². The Morgan fingerprint density at radius 2 is 1.77 bits per heavy atom. The highest BCUT2D eigenvalue weighted by molar-refractivity contribution is 6.38. The Labute approximate surface area is 281 Å². The van der Waals surface area contributed by atoms with E-state index >= 15 is 0 Å². The summed E-state index contributed by atoms with van der Waals surface area (Å²) in [6.07, 6.45) is 7.56. The molecule has 0 bridgehead atoms. The monoisotopic (exact) mass is 669 g/mol. The molecule has 3 fully saturated rings. The van der Waals surface area contributed by atoms with Crippen LogP contribution in [0.3, 0.4) is 0 Å². The Hall–Kier alpha value is -3.47. The van der Waals surface area contributed by atoms with E-state index in [2.05, 4.69) is 21.1 Å². The van der Waals surface area contributed by atoms with Crippen molar-refractivity contribution in [3.63, 3.8) is 0 Å². The number of nitrogens with one attached hydrogen (secondary N) is 3. The molecule has 2 aliphatic heterocycles. The van der Waals surface area contributed by atoms with Crippen LogP contribution in [0, 0.1) is 11.3 Å². The van der Waals surface area contributed by atoms with Gasteiger partial charge in [-0.05, 0) is 49.7 Å². The molecule has 2 saturated carbocycles. The quantitative estimate of drug-likeness (QED) is 0.303. The zero-order valence-corrected chi connectivity index (χ0v) is 28.7. The van der Waals surface area contributed by atoms with E-state index in [1.54, 1.807) is 12.1 Å². The van der Waals surface area contributed by atoms with E-state index in [1.807, 2.05) is 39.8 Å². The van der Waals surface area contributed by atoms with Gasteiger partial charge in [0.15, 0.2) is 5.60 Å². The van der Waals surface area contributed by atoms with Gasteiger partial charge in [0.1, 0.15) is 12.1 Å². The number of likely N-dealkylation sites (tertiary alicyclic amines) is 1. The number of carbonyl (C=O) groups is 5. The lowest BCUT2D eigenvalue weighted by Gasteiger charge is -2.36. The van der Waals surface area contributed by atoms with Crippen molar-refractivity contribution in [2.24, 2.45) is 16.5 Å². The minimum atomic E-state index is -1.04. The number of hydrogen-bond acceptors (Lipinski definition) is 7. The highest BCUT2D eigenvalue weighted by Gasteiger charge is 2.55. The number of carbonyl (C=O) groups excluding carboxylic acids is 5. The van der Waals surface area contributed by atoms with Crippen LogP contribution in [0.5, 0.6) is 0 Å². The van der Waals surface area contributed by atoms with Crippen LogP contribution in [0.2, 0.25) is 5.02 Å². The van der Waals surface area contributed by atoms with Crippen LogP contribution >= 0.6 is 11.6 Å². The fourth-order valence-electron chi connectivity index (χ4n) is 6.86. The predicted molar refractivity (Wildman–Crippen MR) is 178 cm³/mol. The number of rotatable bonds is 11. The molecule has 1 aromatic carbocycles. The standard InChI is InChI=1S/C35H48ClN5O6/c1-5-10-25(28(42)32(45)37-24-15-16-24)38-31(44)27-19-35(18-26(40-47-35)22-13-9-14-23(36)17-22)20-41(27)33(46)29(34(2,3)4)39-30(43)21-11-7-6-8-12-21/h9,13-14,17,21,24-25,27,29H,5-8,10-12,15-16,18-20H2,1-4H3,(H,37,45)(H,38,44)(H,39,43)/t25-,27-,29+,35?/m0/s1. The normalized spacial score (nSPS) is 24.2. The second-order valence-corrected chi connectivity index (χ2v) is 15.2. The topological polar surface area (TPSA) is 146 Å². The fourth-order valence-corrected chi connectivity index (χ4v) is 7.05. The molecule has 4 aliphatic rings. The lowest BCUT2D eigenvalue weighted by Crippen LogP contribution is -2.59. The zero-order chi connectivity index (χ0) is 33.9. The predicted octanol–water partition coefficient (Wildman–Crippen LogP) is 4.05. The molecule has 5 rings (SSSR count). The number of halogens is 1. The van der Waals surface area contributed by atoms with E-state index in [0.717, 1.165) is 50.5 Å².